The molecule has 0 spiro atoms. The van der Waals surface area contributed by atoms with Crippen LogP contribution in [0, 0.1) is 6.92 Å². The molecule has 2 aromatic carbocycles. The maximum absolute atomic E-state index is 12.1. The molecule has 1 amide bonds. The Kier molecular flexibility index (Phi) is 5.69. The highest BCUT2D eigenvalue weighted by atomic mass is 32.1. The number of fused-ring (bicyclic) bond motifs is 1. The van der Waals surface area contributed by atoms with Crippen molar-refractivity contribution in [2.75, 3.05) is 18.5 Å². The Morgan fingerprint density at radius 2 is 2.07 bits per heavy atom. The van der Waals surface area contributed by atoms with E-state index in [0.717, 1.165) is 37.3 Å². The fourth-order valence-electron chi connectivity index (χ4n) is 3.36. The van der Waals surface area contributed by atoms with E-state index in [0.29, 0.717) is 10.9 Å². The summed E-state index contributed by atoms with van der Waals surface area (Å²) in [5.41, 5.74) is 4.92. The third-order valence-corrected chi connectivity index (χ3v) is 5.56. The topological polar surface area (TPSA) is 54.5 Å². The van der Waals surface area contributed by atoms with Gasteiger partial charge in [0, 0.05) is 25.0 Å². The molecule has 0 radical (unpaired) electrons. The minimum Gasteiger partial charge on any atom is -0.484 e. The molecule has 0 atom stereocenters. The van der Waals surface area contributed by atoms with Crippen LogP contribution in [0.15, 0.2) is 53.9 Å². The molecule has 0 fully saturated rings. The van der Waals surface area contributed by atoms with Crippen LogP contribution < -0.4 is 10.1 Å². The molecular weight excluding hydrogens is 370 g/mol. The van der Waals surface area contributed by atoms with Gasteiger partial charge in [-0.3, -0.25) is 15.0 Å². The lowest BCUT2D eigenvalue weighted by Crippen LogP contribution is -2.30. The van der Waals surface area contributed by atoms with Gasteiger partial charge in [-0.2, -0.15) is 0 Å². The first kappa shape index (κ1) is 18.7. The van der Waals surface area contributed by atoms with Crippen LogP contribution in [0.3, 0.4) is 0 Å². The molecule has 3 aromatic rings. The van der Waals surface area contributed by atoms with Crippen LogP contribution >= 0.6 is 11.3 Å². The van der Waals surface area contributed by atoms with Crippen molar-refractivity contribution in [3.05, 3.63) is 76.3 Å². The number of nitrogens with one attached hydrogen (secondary N) is 1. The van der Waals surface area contributed by atoms with Crippen molar-refractivity contribution < 1.29 is 9.53 Å². The van der Waals surface area contributed by atoms with Crippen molar-refractivity contribution in [3.8, 4) is 5.75 Å². The van der Waals surface area contributed by atoms with E-state index in [1.54, 1.807) is 0 Å². The normalized spacial score (nSPS) is 13.8. The predicted molar refractivity (Wildman–Crippen MR) is 112 cm³/mol. The summed E-state index contributed by atoms with van der Waals surface area (Å²) in [7, 11) is 0. The number of anilines is 1. The highest BCUT2D eigenvalue weighted by molar-refractivity contribution is 7.13. The highest BCUT2D eigenvalue weighted by Gasteiger charge is 2.17. The third kappa shape index (κ3) is 4.77. The van der Waals surface area contributed by atoms with Crippen molar-refractivity contribution in [1.82, 2.24) is 9.88 Å². The zero-order valence-electron chi connectivity index (χ0n) is 15.9. The van der Waals surface area contributed by atoms with E-state index in [9.17, 15) is 4.79 Å². The summed E-state index contributed by atoms with van der Waals surface area (Å²) < 4.78 is 5.54. The van der Waals surface area contributed by atoms with E-state index < -0.39 is 0 Å². The SMILES string of the molecule is Cc1cccc(OCC(=O)Nc2nc(CN3CCc4ccccc4C3)cs2)c1. The average molecular weight is 394 g/mol. The van der Waals surface area contributed by atoms with Gasteiger partial charge in [-0.25, -0.2) is 4.98 Å². The highest BCUT2D eigenvalue weighted by Crippen LogP contribution is 2.22. The Hall–Kier alpha value is -2.70. The molecule has 6 heteroatoms. The van der Waals surface area contributed by atoms with Gasteiger partial charge in [0.25, 0.3) is 5.91 Å². The number of hydrogen-bond donors (Lipinski definition) is 1. The molecule has 4 rings (SSSR count). The maximum atomic E-state index is 12.1. The van der Waals surface area contributed by atoms with E-state index in [2.05, 4.69) is 39.5 Å². The lowest BCUT2D eigenvalue weighted by Gasteiger charge is -2.27. The van der Waals surface area contributed by atoms with Gasteiger partial charge in [-0.05, 0) is 42.2 Å². The van der Waals surface area contributed by atoms with Crippen molar-refractivity contribution in [2.24, 2.45) is 0 Å². The number of ether oxygens (including phenoxy) is 1. The van der Waals surface area contributed by atoms with E-state index in [-0.39, 0.29) is 12.5 Å². The van der Waals surface area contributed by atoms with Crippen molar-refractivity contribution in [1.29, 1.82) is 0 Å². The second kappa shape index (κ2) is 8.54. The molecule has 0 saturated heterocycles. The molecule has 5 nitrogen and oxygen atoms in total. The number of nitrogens with zero attached hydrogens (tertiary/aromatic N) is 2. The molecule has 144 valence electrons. The summed E-state index contributed by atoms with van der Waals surface area (Å²) >= 11 is 1.45. The van der Waals surface area contributed by atoms with E-state index in [1.807, 2.05) is 36.6 Å². The summed E-state index contributed by atoms with van der Waals surface area (Å²) in [6.07, 6.45) is 1.07. The monoisotopic (exact) mass is 393 g/mol. The molecule has 0 bridgehead atoms. The number of aromatic nitrogens is 1. The van der Waals surface area contributed by atoms with Crippen LogP contribution in [0.2, 0.25) is 0 Å². The first-order chi connectivity index (χ1) is 13.7. The number of thiazole rings is 1. The van der Waals surface area contributed by atoms with Gasteiger partial charge in [0.1, 0.15) is 5.75 Å². The van der Waals surface area contributed by atoms with Gasteiger partial charge in [0.2, 0.25) is 0 Å². The quantitative estimate of drug-likeness (QED) is 0.687. The summed E-state index contributed by atoms with van der Waals surface area (Å²) in [5.74, 6) is 0.495. The Balaban J connectivity index is 1.28. The number of aryl methyl sites for hydroxylation is 1. The van der Waals surface area contributed by atoms with Gasteiger partial charge in [-0.1, -0.05) is 36.4 Å². The van der Waals surface area contributed by atoms with E-state index in [1.165, 1.54) is 22.5 Å². The number of benzene rings is 2. The Morgan fingerprint density at radius 1 is 1.21 bits per heavy atom. The third-order valence-electron chi connectivity index (χ3n) is 4.75. The second-order valence-electron chi connectivity index (χ2n) is 7.03. The number of hydrogen-bond acceptors (Lipinski definition) is 5. The van der Waals surface area contributed by atoms with Crippen molar-refractivity contribution in [3.63, 3.8) is 0 Å². The summed E-state index contributed by atoms with van der Waals surface area (Å²) in [4.78, 5) is 19.1. The van der Waals surface area contributed by atoms with Gasteiger partial charge >= 0.3 is 0 Å². The standard InChI is InChI=1S/C22H23N3O2S/c1-16-5-4-8-20(11-16)27-14-21(26)24-22-23-19(15-28-22)13-25-10-9-17-6-2-3-7-18(17)12-25/h2-8,11,15H,9-10,12-14H2,1H3,(H,23,24,26). The van der Waals surface area contributed by atoms with Gasteiger partial charge in [0.15, 0.2) is 11.7 Å². The summed E-state index contributed by atoms with van der Waals surface area (Å²) in [6, 6.07) is 16.3. The minimum absolute atomic E-state index is 0.0265. The molecule has 0 aliphatic carbocycles. The van der Waals surface area contributed by atoms with Gasteiger partial charge in [0.05, 0.1) is 5.69 Å². The molecule has 28 heavy (non-hydrogen) atoms. The molecule has 1 N–H and O–H groups in total. The number of rotatable bonds is 6. The zero-order chi connectivity index (χ0) is 19.3. The number of amides is 1. The van der Waals surface area contributed by atoms with Crippen molar-refractivity contribution in [2.45, 2.75) is 26.4 Å². The number of carbonyl (C=O) groups is 1. The summed E-state index contributed by atoms with van der Waals surface area (Å²) in [6.45, 7) is 4.73. The maximum Gasteiger partial charge on any atom is 0.264 e. The number of carbonyl (C=O) groups excluding carboxylic acids is 1. The van der Waals surface area contributed by atoms with Gasteiger partial charge < -0.3 is 4.74 Å². The molecule has 1 aliphatic heterocycles. The lowest BCUT2D eigenvalue weighted by molar-refractivity contribution is -0.118. The lowest BCUT2D eigenvalue weighted by atomic mass is 10.00. The average Bonchev–Trinajstić information content (AvgIpc) is 3.13. The molecule has 0 saturated carbocycles. The smallest absolute Gasteiger partial charge is 0.264 e. The Labute approximate surface area is 169 Å². The van der Waals surface area contributed by atoms with Crippen LogP contribution in [-0.2, 0) is 24.3 Å². The fraction of sp³-hybridized carbons (Fsp3) is 0.273. The van der Waals surface area contributed by atoms with E-state index in [4.69, 9.17) is 4.74 Å². The molecule has 1 aromatic heterocycles. The zero-order valence-corrected chi connectivity index (χ0v) is 16.7. The second-order valence-corrected chi connectivity index (χ2v) is 7.88. The molecule has 1 aliphatic rings. The largest absolute Gasteiger partial charge is 0.484 e. The van der Waals surface area contributed by atoms with Gasteiger partial charge in [-0.15, -0.1) is 11.3 Å². The van der Waals surface area contributed by atoms with E-state index >= 15 is 0 Å². The predicted octanol–water partition coefficient (Wildman–Crippen LogP) is 4.03. The minimum atomic E-state index is -0.200. The molecule has 2 heterocycles. The van der Waals surface area contributed by atoms with Crippen LogP contribution in [0.25, 0.3) is 0 Å². The summed E-state index contributed by atoms with van der Waals surface area (Å²) in [5, 5.41) is 5.45. The molecular formula is C22H23N3O2S. The van der Waals surface area contributed by atoms with Crippen LogP contribution in [0.1, 0.15) is 22.4 Å². The fourth-order valence-corrected chi connectivity index (χ4v) is 4.08. The Morgan fingerprint density at radius 3 is 2.93 bits per heavy atom. The molecule has 0 unspecified atom stereocenters. The van der Waals surface area contributed by atoms with Crippen LogP contribution in [0.4, 0.5) is 5.13 Å². The first-order valence-electron chi connectivity index (χ1n) is 9.38. The van der Waals surface area contributed by atoms with Crippen LogP contribution in [0.5, 0.6) is 5.75 Å². The van der Waals surface area contributed by atoms with Crippen LogP contribution in [-0.4, -0.2) is 28.9 Å². The Bertz CT molecular complexity index is 970. The first-order valence-corrected chi connectivity index (χ1v) is 10.3. The van der Waals surface area contributed by atoms with Crippen molar-refractivity contribution >= 4 is 22.4 Å².